The van der Waals surface area contributed by atoms with Gasteiger partial charge in [0.1, 0.15) is 11.6 Å². The van der Waals surface area contributed by atoms with E-state index in [0.29, 0.717) is 6.07 Å². The summed E-state index contributed by atoms with van der Waals surface area (Å²) in [5.74, 6) is -4.80. The van der Waals surface area contributed by atoms with Crippen LogP contribution in [0.2, 0.25) is 0 Å². The Hall–Kier alpha value is -3.36. The molecule has 2 amide bonds. The van der Waals surface area contributed by atoms with Crippen molar-refractivity contribution >= 4 is 11.8 Å². The minimum atomic E-state index is -0.950. The van der Waals surface area contributed by atoms with Gasteiger partial charge >= 0.3 is 0 Å². The van der Waals surface area contributed by atoms with Gasteiger partial charge in [0.2, 0.25) is 0 Å². The van der Waals surface area contributed by atoms with Crippen molar-refractivity contribution in [1.29, 1.82) is 0 Å². The van der Waals surface area contributed by atoms with Gasteiger partial charge < -0.3 is 25.1 Å². The number of halogens is 2. The van der Waals surface area contributed by atoms with Crippen LogP contribution in [0.25, 0.3) is 0 Å². The number of phenolic OH excluding ortho intramolecular Hbond substituents is 3. The molecule has 0 bridgehead atoms. The molecular formula is C18H16F2N2O5. The lowest BCUT2D eigenvalue weighted by Crippen LogP contribution is -2.50. The van der Waals surface area contributed by atoms with E-state index in [4.69, 9.17) is 0 Å². The molecule has 3 rings (SSSR count). The Labute approximate surface area is 152 Å². The van der Waals surface area contributed by atoms with Crippen molar-refractivity contribution in [2.45, 2.75) is 0 Å². The van der Waals surface area contributed by atoms with Gasteiger partial charge in [-0.25, -0.2) is 8.78 Å². The van der Waals surface area contributed by atoms with E-state index < -0.39 is 40.7 Å². The van der Waals surface area contributed by atoms with E-state index in [1.165, 1.54) is 9.80 Å². The van der Waals surface area contributed by atoms with Crippen LogP contribution in [-0.4, -0.2) is 63.1 Å². The molecule has 1 aliphatic heterocycles. The largest absolute Gasteiger partial charge is 0.504 e. The molecule has 1 heterocycles. The number of phenols is 3. The van der Waals surface area contributed by atoms with Gasteiger partial charge in [-0.15, -0.1) is 0 Å². The second-order valence-corrected chi connectivity index (χ2v) is 6.07. The van der Waals surface area contributed by atoms with Gasteiger partial charge in [0.05, 0.1) is 5.56 Å². The Morgan fingerprint density at radius 3 is 1.85 bits per heavy atom. The standard InChI is InChI=1S/C18H16F2N2O5/c19-11-1-2-12(13(20)9-11)18(27)22-5-3-21(4-6-22)17(26)10-7-14(23)16(25)15(24)8-10/h1-2,7-9,23-25H,3-6H2. The van der Waals surface area contributed by atoms with Crippen LogP contribution in [0, 0.1) is 11.6 Å². The molecule has 1 aliphatic rings. The lowest BCUT2D eigenvalue weighted by atomic mass is 10.1. The first-order valence-corrected chi connectivity index (χ1v) is 8.06. The first-order chi connectivity index (χ1) is 12.8. The number of nitrogens with zero attached hydrogens (tertiary/aromatic N) is 2. The van der Waals surface area contributed by atoms with Gasteiger partial charge in [0, 0.05) is 37.8 Å². The summed E-state index contributed by atoms with van der Waals surface area (Å²) in [6.45, 7) is 0.570. The summed E-state index contributed by atoms with van der Waals surface area (Å²) in [5, 5.41) is 28.4. The topological polar surface area (TPSA) is 101 Å². The summed E-state index contributed by atoms with van der Waals surface area (Å²) in [4.78, 5) is 27.6. The van der Waals surface area contributed by atoms with Crippen molar-refractivity contribution in [3.8, 4) is 17.2 Å². The number of amides is 2. The first-order valence-electron chi connectivity index (χ1n) is 8.06. The summed E-state index contributed by atoms with van der Waals surface area (Å²) in [6.07, 6.45) is 0. The molecule has 7 nitrogen and oxygen atoms in total. The molecule has 0 atom stereocenters. The highest BCUT2D eigenvalue weighted by Gasteiger charge is 2.27. The number of aromatic hydroxyl groups is 3. The second kappa shape index (κ2) is 7.10. The fourth-order valence-corrected chi connectivity index (χ4v) is 2.86. The van der Waals surface area contributed by atoms with Gasteiger partial charge in [-0.1, -0.05) is 0 Å². The van der Waals surface area contributed by atoms with Crippen molar-refractivity contribution in [3.63, 3.8) is 0 Å². The average Bonchev–Trinajstić information content (AvgIpc) is 2.65. The third-order valence-corrected chi connectivity index (χ3v) is 4.33. The van der Waals surface area contributed by atoms with Gasteiger partial charge in [-0.05, 0) is 24.3 Å². The summed E-state index contributed by atoms with van der Waals surface area (Å²) in [5.41, 5.74) is -0.267. The Kier molecular flexibility index (Phi) is 4.85. The van der Waals surface area contributed by atoms with Crippen LogP contribution >= 0.6 is 0 Å². The van der Waals surface area contributed by atoms with E-state index in [1.807, 2.05) is 0 Å². The van der Waals surface area contributed by atoms with E-state index in [-0.39, 0.29) is 37.3 Å². The van der Waals surface area contributed by atoms with Crippen molar-refractivity contribution < 1.29 is 33.7 Å². The van der Waals surface area contributed by atoms with Gasteiger partial charge in [-0.2, -0.15) is 0 Å². The molecule has 1 fully saturated rings. The van der Waals surface area contributed by atoms with Crippen LogP contribution in [0.15, 0.2) is 30.3 Å². The molecule has 0 aromatic heterocycles. The van der Waals surface area contributed by atoms with Crippen LogP contribution in [0.4, 0.5) is 8.78 Å². The normalized spacial score (nSPS) is 14.3. The monoisotopic (exact) mass is 378 g/mol. The lowest BCUT2D eigenvalue weighted by Gasteiger charge is -2.35. The fraction of sp³-hybridized carbons (Fsp3) is 0.222. The van der Waals surface area contributed by atoms with Gasteiger partial charge in [-0.3, -0.25) is 9.59 Å². The van der Waals surface area contributed by atoms with E-state index >= 15 is 0 Å². The molecule has 2 aromatic rings. The minimum Gasteiger partial charge on any atom is -0.504 e. The highest BCUT2D eigenvalue weighted by molar-refractivity contribution is 5.96. The van der Waals surface area contributed by atoms with E-state index in [1.54, 1.807) is 0 Å². The van der Waals surface area contributed by atoms with Crippen LogP contribution in [-0.2, 0) is 0 Å². The third-order valence-electron chi connectivity index (χ3n) is 4.33. The fourth-order valence-electron chi connectivity index (χ4n) is 2.86. The van der Waals surface area contributed by atoms with Crippen LogP contribution < -0.4 is 0 Å². The number of carbonyl (C=O) groups excluding carboxylic acids is 2. The summed E-state index contributed by atoms with van der Waals surface area (Å²) >= 11 is 0. The summed E-state index contributed by atoms with van der Waals surface area (Å²) in [6, 6.07) is 4.77. The molecule has 0 aliphatic carbocycles. The second-order valence-electron chi connectivity index (χ2n) is 6.07. The molecule has 0 radical (unpaired) electrons. The van der Waals surface area contributed by atoms with Crippen molar-refractivity contribution in [1.82, 2.24) is 9.80 Å². The lowest BCUT2D eigenvalue weighted by molar-refractivity contribution is 0.0532. The number of hydrogen-bond donors (Lipinski definition) is 3. The van der Waals surface area contributed by atoms with Crippen LogP contribution in [0.3, 0.4) is 0 Å². The number of benzene rings is 2. The molecule has 0 saturated carbocycles. The van der Waals surface area contributed by atoms with Gasteiger partial charge in [0.25, 0.3) is 11.8 Å². The summed E-state index contributed by atoms with van der Waals surface area (Å²) < 4.78 is 26.7. The molecule has 2 aromatic carbocycles. The van der Waals surface area contributed by atoms with E-state index in [0.717, 1.165) is 24.3 Å². The molecule has 0 spiro atoms. The predicted octanol–water partition coefficient (Wildman–Crippen LogP) is 1.68. The average molecular weight is 378 g/mol. The van der Waals surface area contributed by atoms with Crippen molar-refractivity contribution in [3.05, 3.63) is 53.1 Å². The molecule has 142 valence electrons. The number of rotatable bonds is 2. The maximum atomic E-state index is 13.8. The zero-order valence-corrected chi connectivity index (χ0v) is 14.0. The highest BCUT2D eigenvalue weighted by Crippen LogP contribution is 2.35. The quantitative estimate of drug-likeness (QED) is 0.691. The smallest absolute Gasteiger partial charge is 0.256 e. The third kappa shape index (κ3) is 3.62. The Morgan fingerprint density at radius 1 is 0.815 bits per heavy atom. The SMILES string of the molecule is O=C(c1cc(O)c(O)c(O)c1)N1CCN(C(=O)c2ccc(F)cc2F)CC1. The molecule has 1 saturated heterocycles. The van der Waals surface area contributed by atoms with E-state index in [9.17, 15) is 33.7 Å². The zero-order chi connectivity index (χ0) is 19.7. The summed E-state index contributed by atoms with van der Waals surface area (Å²) in [7, 11) is 0. The minimum absolute atomic E-state index is 0.0212. The maximum Gasteiger partial charge on any atom is 0.256 e. The Bertz CT molecular complexity index is 888. The number of piperazine rings is 1. The van der Waals surface area contributed by atoms with Gasteiger partial charge in [0.15, 0.2) is 17.2 Å². The van der Waals surface area contributed by atoms with Crippen LogP contribution in [0.1, 0.15) is 20.7 Å². The highest BCUT2D eigenvalue weighted by atomic mass is 19.1. The number of hydrogen-bond acceptors (Lipinski definition) is 5. The molecule has 9 heteroatoms. The van der Waals surface area contributed by atoms with E-state index in [2.05, 4.69) is 0 Å². The van der Waals surface area contributed by atoms with Crippen LogP contribution in [0.5, 0.6) is 17.2 Å². The molecule has 3 N–H and O–H groups in total. The zero-order valence-electron chi connectivity index (χ0n) is 14.0. The molecular weight excluding hydrogens is 362 g/mol. The molecule has 27 heavy (non-hydrogen) atoms. The molecule has 0 unspecified atom stereocenters. The number of carbonyl (C=O) groups is 2. The van der Waals surface area contributed by atoms with Crippen molar-refractivity contribution in [2.24, 2.45) is 0 Å². The van der Waals surface area contributed by atoms with Crippen molar-refractivity contribution in [2.75, 3.05) is 26.2 Å². The maximum absolute atomic E-state index is 13.8. The Balaban J connectivity index is 1.68. The first kappa shape index (κ1) is 18.4. The Morgan fingerprint density at radius 2 is 1.33 bits per heavy atom. The predicted molar refractivity (Wildman–Crippen MR) is 89.6 cm³/mol.